The summed E-state index contributed by atoms with van der Waals surface area (Å²) >= 11 is 12.1. The fourth-order valence-corrected chi connectivity index (χ4v) is 3.21. The van der Waals surface area contributed by atoms with Gasteiger partial charge in [-0.05, 0) is 55.8 Å². The minimum Gasteiger partial charge on any atom is -0.299 e. The van der Waals surface area contributed by atoms with Gasteiger partial charge in [0.25, 0.3) is 0 Å². The van der Waals surface area contributed by atoms with Crippen LogP contribution in [0.2, 0.25) is 10.0 Å². The van der Waals surface area contributed by atoms with Gasteiger partial charge in [0.2, 0.25) is 0 Å². The van der Waals surface area contributed by atoms with E-state index >= 15 is 0 Å². The zero-order valence-corrected chi connectivity index (χ0v) is 13.7. The van der Waals surface area contributed by atoms with Gasteiger partial charge in [0, 0.05) is 22.7 Å². The van der Waals surface area contributed by atoms with Gasteiger partial charge in [-0.2, -0.15) is 0 Å². The number of carbonyl (C=O) groups excluding carboxylic acids is 1. The van der Waals surface area contributed by atoms with Crippen molar-refractivity contribution in [1.82, 2.24) is 4.90 Å². The molecule has 0 N–H and O–H groups in total. The second-order valence-electron chi connectivity index (χ2n) is 5.64. The van der Waals surface area contributed by atoms with Crippen molar-refractivity contribution in [1.29, 1.82) is 0 Å². The highest BCUT2D eigenvalue weighted by Gasteiger charge is 2.16. The number of rotatable bonds is 4. The summed E-state index contributed by atoms with van der Waals surface area (Å²) in [6.07, 6.45) is 2.52. The highest BCUT2D eigenvalue weighted by atomic mass is 35.5. The fourth-order valence-electron chi connectivity index (χ4n) is 2.84. The van der Waals surface area contributed by atoms with Crippen molar-refractivity contribution in [3.05, 3.63) is 69.2 Å². The third-order valence-electron chi connectivity index (χ3n) is 3.97. The number of halogens is 2. The molecular formula is C18H17Cl2NO. The Hall–Kier alpha value is -1.35. The van der Waals surface area contributed by atoms with Crippen LogP contribution >= 0.6 is 23.2 Å². The molecule has 1 aliphatic rings. The van der Waals surface area contributed by atoms with Crippen LogP contribution in [-0.4, -0.2) is 23.8 Å². The number of nitrogens with zero attached hydrogens (tertiary/aromatic N) is 1. The van der Waals surface area contributed by atoms with E-state index in [4.69, 9.17) is 23.2 Å². The highest BCUT2D eigenvalue weighted by Crippen LogP contribution is 2.24. The Kier molecular flexibility index (Phi) is 4.82. The molecule has 0 saturated carbocycles. The van der Waals surface area contributed by atoms with Crippen molar-refractivity contribution in [2.45, 2.75) is 19.4 Å². The van der Waals surface area contributed by atoms with Gasteiger partial charge in [-0.3, -0.25) is 9.69 Å². The van der Waals surface area contributed by atoms with Gasteiger partial charge in [0.05, 0.1) is 5.02 Å². The second-order valence-corrected chi connectivity index (χ2v) is 6.48. The van der Waals surface area contributed by atoms with E-state index in [0.29, 0.717) is 21.2 Å². The topological polar surface area (TPSA) is 20.3 Å². The number of benzene rings is 2. The first-order valence-electron chi connectivity index (χ1n) is 7.44. The van der Waals surface area contributed by atoms with Gasteiger partial charge in [0.15, 0.2) is 5.78 Å². The number of likely N-dealkylation sites (tertiary alicyclic amines) is 1. The summed E-state index contributed by atoms with van der Waals surface area (Å²) in [5.74, 6) is -0.0872. The molecule has 0 amide bonds. The van der Waals surface area contributed by atoms with Crippen molar-refractivity contribution in [3.63, 3.8) is 0 Å². The SMILES string of the molecule is O=C(c1cccc(CN2CCCC2)c1)c1cc(Cl)ccc1Cl. The normalized spacial score (nSPS) is 15.2. The number of carbonyl (C=O) groups is 1. The molecule has 114 valence electrons. The minimum absolute atomic E-state index is 0.0872. The number of hydrogen-bond acceptors (Lipinski definition) is 2. The van der Waals surface area contributed by atoms with Crippen LogP contribution in [0.4, 0.5) is 0 Å². The van der Waals surface area contributed by atoms with Crippen LogP contribution < -0.4 is 0 Å². The van der Waals surface area contributed by atoms with E-state index < -0.39 is 0 Å². The Labute approximate surface area is 140 Å². The first kappa shape index (κ1) is 15.5. The fraction of sp³-hybridized carbons (Fsp3) is 0.278. The van der Waals surface area contributed by atoms with Crippen molar-refractivity contribution >= 4 is 29.0 Å². The van der Waals surface area contributed by atoms with Crippen LogP contribution in [0.3, 0.4) is 0 Å². The summed E-state index contributed by atoms with van der Waals surface area (Å²) in [6.45, 7) is 3.17. The Morgan fingerprint density at radius 1 is 1.05 bits per heavy atom. The predicted molar refractivity (Wildman–Crippen MR) is 90.8 cm³/mol. The molecule has 0 unspecified atom stereocenters. The summed E-state index contributed by atoms with van der Waals surface area (Å²) < 4.78 is 0. The van der Waals surface area contributed by atoms with E-state index in [1.54, 1.807) is 18.2 Å². The molecule has 1 aliphatic heterocycles. The van der Waals surface area contributed by atoms with Crippen molar-refractivity contribution in [2.75, 3.05) is 13.1 Å². The number of ketones is 1. The molecule has 0 spiro atoms. The van der Waals surface area contributed by atoms with Crippen LogP contribution in [0.15, 0.2) is 42.5 Å². The molecule has 0 atom stereocenters. The molecular weight excluding hydrogens is 317 g/mol. The zero-order valence-electron chi connectivity index (χ0n) is 12.2. The lowest BCUT2D eigenvalue weighted by atomic mass is 10.0. The monoisotopic (exact) mass is 333 g/mol. The van der Waals surface area contributed by atoms with E-state index in [-0.39, 0.29) is 5.78 Å². The molecule has 1 fully saturated rings. The average Bonchev–Trinajstić information content (AvgIpc) is 3.02. The van der Waals surface area contributed by atoms with Crippen molar-refractivity contribution in [2.24, 2.45) is 0 Å². The predicted octanol–water partition coefficient (Wildman–Crippen LogP) is 4.82. The Morgan fingerprint density at radius 2 is 1.82 bits per heavy atom. The molecule has 0 radical (unpaired) electrons. The third kappa shape index (κ3) is 3.52. The van der Waals surface area contributed by atoms with Gasteiger partial charge in [-0.25, -0.2) is 0 Å². The molecule has 0 aliphatic carbocycles. The van der Waals surface area contributed by atoms with Gasteiger partial charge in [0.1, 0.15) is 0 Å². The summed E-state index contributed by atoms with van der Waals surface area (Å²) in [4.78, 5) is 15.1. The molecule has 22 heavy (non-hydrogen) atoms. The first-order valence-corrected chi connectivity index (χ1v) is 8.20. The first-order chi connectivity index (χ1) is 10.6. The maximum absolute atomic E-state index is 12.7. The lowest BCUT2D eigenvalue weighted by Crippen LogP contribution is -2.18. The average molecular weight is 334 g/mol. The largest absolute Gasteiger partial charge is 0.299 e. The quantitative estimate of drug-likeness (QED) is 0.747. The van der Waals surface area contributed by atoms with Crippen LogP contribution in [0.5, 0.6) is 0 Å². The maximum Gasteiger partial charge on any atom is 0.194 e. The summed E-state index contributed by atoms with van der Waals surface area (Å²) in [6, 6.07) is 12.7. The Balaban J connectivity index is 1.84. The Morgan fingerprint density at radius 3 is 2.59 bits per heavy atom. The zero-order chi connectivity index (χ0) is 15.5. The highest BCUT2D eigenvalue weighted by molar-refractivity contribution is 6.36. The van der Waals surface area contributed by atoms with E-state index in [2.05, 4.69) is 11.0 Å². The van der Waals surface area contributed by atoms with Gasteiger partial charge < -0.3 is 0 Å². The standard InChI is InChI=1S/C18H17Cl2NO/c19-15-6-7-17(20)16(11-15)18(22)14-5-3-4-13(10-14)12-21-8-1-2-9-21/h3-7,10-11H,1-2,8-9,12H2. The molecule has 2 aromatic carbocycles. The maximum atomic E-state index is 12.7. The van der Waals surface area contributed by atoms with E-state index in [1.165, 1.54) is 12.8 Å². The molecule has 3 rings (SSSR count). The van der Waals surface area contributed by atoms with Gasteiger partial charge >= 0.3 is 0 Å². The molecule has 0 bridgehead atoms. The van der Waals surface area contributed by atoms with Crippen molar-refractivity contribution < 1.29 is 4.79 Å². The summed E-state index contributed by atoms with van der Waals surface area (Å²) in [5.41, 5.74) is 2.26. The lowest BCUT2D eigenvalue weighted by Gasteiger charge is -2.15. The smallest absolute Gasteiger partial charge is 0.194 e. The molecule has 1 saturated heterocycles. The molecule has 2 nitrogen and oxygen atoms in total. The molecule has 1 heterocycles. The summed E-state index contributed by atoms with van der Waals surface area (Å²) in [5, 5.41) is 0.945. The van der Waals surface area contributed by atoms with E-state index in [1.807, 2.05) is 18.2 Å². The van der Waals surface area contributed by atoms with Gasteiger partial charge in [-0.1, -0.05) is 41.4 Å². The van der Waals surface area contributed by atoms with E-state index in [0.717, 1.165) is 25.2 Å². The minimum atomic E-state index is -0.0872. The van der Waals surface area contributed by atoms with Crippen LogP contribution in [0, 0.1) is 0 Å². The number of hydrogen-bond donors (Lipinski definition) is 0. The van der Waals surface area contributed by atoms with E-state index in [9.17, 15) is 4.79 Å². The second kappa shape index (κ2) is 6.82. The Bertz CT molecular complexity index is 693. The lowest BCUT2D eigenvalue weighted by molar-refractivity contribution is 0.103. The van der Waals surface area contributed by atoms with Gasteiger partial charge in [-0.15, -0.1) is 0 Å². The van der Waals surface area contributed by atoms with Crippen LogP contribution in [0.1, 0.15) is 34.3 Å². The van der Waals surface area contributed by atoms with Crippen LogP contribution in [0.25, 0.3) is 0 Å². The summed E-state index contributed by atoms with van der Waals surface area (Å²) in [7, 11) is 0. The third-order valence-corrected chi connectivity index (χ3v) is 4.53. The van der Waals surface area contributed by atoms with Crippen LogP contribution in [-0.2, 0) is 6.54 Å². The molecule has 4 heteroatoms. The van der Waals surface area contributed by atoms with Crippen molar-refractivity contribution in [3.8, 4) is 0 Å². The molecule has 2 aromatic rings. The molecule has 0 aromatic heterocycles.